The van der Waals surface area contributed by atoms with E-state index < -0.39 is 17.6 Å². The zero-order chi connectivity index (χ0) is 9.84. The number of aromatic nitrogens is 1. The van der Waals surface area contributed by atoms with E-state index in [1.807, 2.05) is 6.92 Å². The van der Waals surface area contributed by atoms with E-state index in [0.29, 0.717) is 12.6 Å². The summed E-state index contributed by atoms with van der Waals surface area (Å²) in [7, 11) is 0. The summed E-state index contributed by atoms with van der Waals surface area (Å²) in [6, 6.07) is 0.409. The first kappa shape index (κ1) is 9.83. The van der Waals surface area contributed by atoms with Crippen LogP contribution in [0.4, 0.5) is 19.0 Å². The third kappa shape index (κ3) is 2.34. The fraction of sp³-hybridized carbons (Fsp3) is 0.375. The highest BCUT2D eigenvalue weighted by Gasteiger charge is 2.11. The van der Waals surface area contributed by atoms with Crippen molar-refractivity contribution in [3.05, 3.63) is 23.6 Å². The number of halogens is 3. The predicted octanol–water partition coefficient (Wildman–Crippen LogP) is 2.32. The van der Waals surface area contributed by atoms with Crippen LogP contribution in [0, 0.1) is 17.6 Å². The summed E-state index contributed by atoms with van der Waals surface area (Å²) in [5.74, 6) is -3.78. The summed E-state index contributed by atoms with van der Waals surface area (Å²) in [6.45, 7) is 2.27. The van der Waals surface area contributed by atoms with Gasteiger partial charge in [-0.3, -0.25) is 0 Å². The predicted molar refractivity (Wildman–Crippen MR) is 42.9 cm³/mol. The molecule has 1 aromatic rings. The first-order chi connectivity index (χ1) is 6.15. The number of hydrogen-bond donors (Lipinski definition) is 1. The van der Waals surface area contributed by atoms with E-state index in [2.05, 4.69) is 10.3 Å². The first-order valence-electron chi connectivity index (χ1n) is 3.90. The van der Waals surface area contributed by atoms with E-state index in [9.17, 15) is 13.2 Å². The molecule has 1 rings (SSSR count). The van der Waals surface area contributed by atoms with Gasteiger partial charge in [-0.05, 0) is 6.42 Å². The van der Waals surface area contributed by atoms with Crippen LogP contribution in [0.3, 0.4) is 0 Å². The Morgan fingerprint density at radius 1 is 1.38 bits per heavy atom. The molecule has 0 atom stereocenters. The summed E-state index contributed by atoms with van der Waals surface area (Å²) in [5.41, 5.74) is 0. The lowest BCUT2D eigenvalue weighted by molar-refractivity contribution is 0.482. The van der Waals surface area contributed by atoms with Gasteiger partial charge in [-0.2, -0.15) is 13.8 Å². The monoisotopic (exact) mass is 190 g/mol. The van der Waals surface area contributed by atoms with Crippen molar-refractivity contribution in [2.75, 3.05) is 11.9 Å². The van der Waals surface area contributed by atoms with Gasteiger partial charge in [0.2, 0.25) is 11.8 Å². The Morgan fingerprint density at radius 3 is 2.69 bits per heavy atom. The van der Waals surface area contributed by atoms with Gasteiger partial charge in [0, 0.05) is 12.6 Å². The molecule has 0 aliphatic carbocycles. The van der Waals surface area contributed by atoms with Crippen molar-refractivity contribution in [1.82, 2.24) is 4.98 Å². The molecule has 0 aliphatic rings. The minimum atomic E-state index is -1.23. The van der Waals surface area contributed by atoms with Gasteiger partial charge < -0.3 is 5.32 Å². The Balaban J connectivity index is 2.92. The Kier molecular flexibility index (Phi) is 3.11. The highest BCUT2D eigenvalue weighted by Crippen LogP contribution is 2.14. The third-order valence-corrected chi connectivity index (χ3v) is 1.42. The molecule has 0 aliphatic heterocycles. The number of hydrogen-bond acceptors (Lipinski definition) is 2. The second-order valence-corrected chi connectivity index (χ2v) is 2.52. The zero-order valence-corrected chi connectivity index (χ0v) is 7.07. The standard InChI is InChI=1S/C8H9F3N2/c1-2-3-12-8-7(11)5(9)4-6(10)13-8/h4H,2-3H2,1H3,(H,12,13). The summed E-state index contributed by atoms with van der Waals surface area (Å²) in [4.78, 5) is 3.18. The van der Waals surface area contributed by atoms with Crippen LogP contribution in [0.15, 0.2) is 6.07 Å². The molecular weight excluding hydrogens is 181 g/mol. The maximum Gasteiger partial charge on any atom is 0.217 e. The van der Waals surface area contributed by atoms with Crippen molar-refractivity contribution in [2.24, 2.45) is 0 Å². The fourth-order valence-corrected chi connectivity index (χ4v) is 0.830. The molecule has 1 N–H and O–H groups in total. The molecule has 0 fully saturated rings. The van der Waals surface area contributed by atoms with Crippen molar-refractivity contribution in [3.8, 4) is 0 Å². The van der Waals surface area contributed by atoms with Gasteiger partial charge in [0.1, 0.15) is 0 Å². The molecule has 0 spiro atoms. The summed E-state index contributed by atoms with van der Waals surface area (Å²) in [6.07, 6.45) is 0.721. The largest absolute Gasteiger partial charge is 0.367 e. The van der Waals surface area contributed by atoms with Crippen LogP contribution in [-0.4, -0.2) is 11.5 Å². The molecule has 0 saturated carbocycles. The minimum absolute atomic E-state index is 0.376. The molecule has 0 aromatic carbocycles. The van der Waals surface area contributed by atoms with E-state index in [-0.39, 0.29) is 5.82 Å². The summed E-state index contributed by atoms with van der Waals surface area (Å²) >= 11 is 0. The molecular formula is C8H9F3N2. The van der Waals surface area contributed by atoms with Crippen molar-refractivity contribution in [1.29, 1.82) is 0 Å². The maximum absolute atomic E-state index is 12.8. The summed E-state index contributed by atoms with van der Waals surface area (Å²) < 4.78 is 37.9. The van der Waals surface area contributed by atoms with Gasteiger partial charge in [-0.15, -0.1) is 0 Å². The van der Waals surface area contributed by atoms with Crippen LogP contribution in [-0.2, 0) is 0 Å². The van der Waals surface area contributed by atoms with Crippen LogP contribution in [0.2, 0.25) is 0 Å². The second-order valence-electron chi connectivity index (χ2n) is 2.52. The smallest absolute Gasteiger partial charge is 0.217 e. The number of anilines is 1. The minimum Gasteiger partial charge on any atom is -0.367 e. The lowest BCUT2D eigenvalue weighted by Crippen LogP contribution is -2.07. The number of rotatable bonds is 3. The van der Waals surface area contributed by atoms with Crippen LogP contribution < -0.4 is 5.32 Å². The summed E-state index contributed by atoms with van der Waals surface area (Å²) in [5, 5.41) is 2.48. The topological polar surface area (TPSA) is 24.9 Å². The van der Waals surface area contributed by atoms with Gasteiger partial charge in [0.25, 0.3) is 0 Å². The third-order valence-electron chi connectivity index (χ3n) is 1.42. The van der Waals surface area contributed by atoms with Gasteiger partial charge in [-0.25, -0.2) is 4.39 Å². The molecule has 0 bridgehead atoms. The molecule has 0 saturated heterocycles. The zero-order valence-electron chi connectivity index (χ0n) is 7.07. The molecule has 0 radical (unpaired) electrons. The first-order valence-corrected chi connectivity index (χ1v) is 3.90. The number of nitrogens with zero attached hydrogens (tertiary/aromatic N) is 1. The molecule has 72 valence electrons. The molecule has 13 heavy (non-hydrogen) atoms. The van der Waals surface area contributed by atoms with Crippen LogP contribution in [0.1, 0.15) is 13.3 Å². The molecule has 1 heterocycles. The van der Waals surface area contributed by atoms with Crippen LogP contribution in [0.5, 0.6) is 0 Å². The lowest BCUT2D eigenvalue weighted by atomic mass is 10.4. The van der Waals surface area contributed by atoms with Gasteiger partial charge in [-0.1, -0.05) is 6.92 Å². The van der Waals surface area contributed by atoms with Crippen molar-refractivity contribution in [3.63, 3.8) is 0 Å². The maximum atomic E-state index is 12.8. The van der Waals surface area contributed by atoms with E-state index >= 15 is 0 Å². The highest BCUT2D eigenvalue weighted by molar-refractivity contribution is 5.36. The van der Waals surface area contributed by atoms with Crippen molar-refractivity contribution < 1.29 is 13.2 Å². The fourth-order valence-electron chi connectivity index (χ4n) is 0.830. The van der Waals surface area contributed by atoms with Crippen LogP contribution in [0.25, 0.3) is 0 Å². The molecule has 0 unspecified atom stereocenters. The SMILES string of the molecule is CCCNc1nc(F)cc(F)c1F. The average molecular weight is 190 g/mol. The highest BCUT2D eigenvalue weighted by atomic mass is 19.2. The van der Waals surface area contributed by atoms with E-state index in [4.69, 9.17) is 0 Å². The van der Waals surface area contributed by atoms with Crippen LogP contribution >= 0.6 is 0 Å². The molecule has 0 amide bonds. The Morgan fingerprint density at radius 2 is 2.08 bits per heavy atom. The molecule has 1 aromatic heterocycles. The molecule has 5 heteroatoms. The van der Waals surface area contributed by atoms with Gasteiger partial charge in [0.15, 0.2) is 11.6 Å². The second kappa shape index (κ2) is 4.11. The normalized spacial score (nSPS) is 10.2. The van der Waals surface area contributed by atoms with E-state index in [1.165, 1.54) is 0 Å². The van der Waals surface area contributed by atoms with Gasteiger partial charge in [0.05, 0.1) is 0 Å². The molecule has 2 nitrogen and oxygen atoms in total. The lowest BCUT2D eigenvalue weighted by Gasteiger charge is -2.04. The Labute approximate surface area is 73.8 Å². The van der Waals surface area contributed by atoms with Crippen molar-refractivity contribution >= 4 is 5.82 Å². The average Bonchev–Trinajstić information content (AvgIpc) is 2.09. The van der Waals surface area contributed by atoms with E-state index in [1.54, 1.807) is 0 Å². The number of pyridine rings is 1. The number of nitrogens with one attached hydrogen (secondary N) is 1. The van der Waals surface area contributed by atoms with Gasteiger partial charge >= 0.3 is 0 Å². The van der Waals surface area contributed by atoms with E-state index in [0.717, 1.165) is 6.42 Å². The quantitative estimate of drug-likeness (QED) is 0.740. The Hall–Kier alpha value is -1.26. The van der Waals surface area contributed by atoms with Crippen molar-refractivity contribution in [2.45, 2.75) is 13.3 Å². The Bertz CT molecular complexity index is 302.